The Balaban J connectivity index is 0.00000312. The second-order valence-electron chi connectivity index (χ2n) is 6.33. The predicted octanol–water partition coefficient (Wildman–Crippen LogP) is 2.76. The molecule has 25 heavy (non-hydrogen) atoms. The summed E-state index contributed by atoms with van der Waals surface area (Å²) in [4.78, 5) is 11.5. The topological polar surface area (TPSA) is 52.5 Å². The van der Waals surface area contributed by atoms with Crippen molar-refractivity contribution in [3.8, 4) is 0 Å². The number of aliphatic imine (C=N–C) groups is 1. The Morgan fingerprint density at radius 3 is 2.76 bits per heavy atom. The summed E-state index contributed by atoms with van der Waals surface area (Å²) in [6.07, 6.45) is 7.15. The largest absolute Gasteiger partial charge is 0.357 e. The average Bonchev–Trinajstić information content (AvgIpc) is 2.59. The van der Waals surface area contributed by atoms with Gasteiger partial charge in [0.2, 0.25) is 0 Å². The van der Waals surface area contributed by atoms with Gasteiger partial charge in [-0.15, -0.1) is 30.6 Å². The molecule has 0 spiro atoms. The molecule has 0 aliphatic carbocycles. The second kappa shape index (κ2) is 12.2. The molecule has 0 saturated carbocycles. The summed E-state index contributed by atoms with van der Waals surface area (Å²) >= 11 is 0. The molecule has 5 nitrogen and oxygen atoms in total. The third-order valence-electron chi connectivity index (χ3n) is 4.30. The lowest BCUT2D eigenvalue weighted by Crippen LogP contribution is -2.48. The first-order valence-electron chi connectivity index (χ1n) is 9.01. The summed E-state index contributed by atoms with van der Waals surface area (Å²) in [6, 6.07) is 4.69. The van der Waals surface area contributed by atoms with Crippen molar-refractivity contribution in [2.24, 2.45) is 4.99 Å². The van der Waals surface area contributed by atoms with E-state index >= 15 is 0 Å². The smallest absolute Gasteiger partial charge is 0.191 e. The van der Waals surface area contributed by atoms with Crippen LogP contribution in [0.25, 0.3) is 0 Å². The van der Waals surface area contributed by atoms with Gasteiger partial charge in [-0.1, -0.05) is 12.1 Å². The number of hydrogen-bond acceptors (Lipinski definition) is 3. The van der Waals surface area contributed by atoms with Gasteiger partial charge in [0.05, 0.1) is 0 Å². The van der Waals surface area contributed by atoms with Gasteiger partial charge in [-0.05, 0) is 44.7 Å². The molecule has 0 amide bonds. The summed E-state index contributed by atoms with van der Waals surface area (Å²) in [5.41, 5.74) is 2.29. The molecule has 0 unspecified atom stereocenters. The Labute approximate surface area is 169 Å². The zero-order chi connectivity index (χ0) is 17.2. The van der Waals surface area contributed by atoms with Crippen molar-refractivity contribution in [1.29, 1.82) is 0 Å². The monoisotopic (exact) mass is 457 g/mol. The lowest BCUT2D eigenvalue weighted by Gasteiger charge is -2.32. The van der Waals surface area contributed by atoms with Gasteiger partial charge < -0.3 is 10.6 Å². The summed E-state index contributed by atoms with van der Waals surface area (Å²) in [7, 11) is 0. The number of likely N-dealkylation sites (tertiary alicyclic amines) is 1. The van der Waals surface area contributed by atoms with Crippen molar-refractivity contribution in [1.82, 2.24) is 20.5 Å². The first kappa shape index (κ1) is 21.9. The zero-order valence-corrected chi connectivity index (χ0v) is 17.8. The normalized spacial score (nSPS) is 16.2. The van der Waals surface area contributed by atoms with Crippen molar-refractivity contribution >= 4 is 29.9 Å². The van der Waals surface area contributed by atoms with E-state index in [0.29, 0.717) is 6.04 Å². The van der Waals surface area contributed by atoms with Gasteiger partial charge in [0.15, 0.2) is 5.96 Å². The molecule has 2 N–H and O–H groups in total. The summed E-state index contributed by atoms with van der Waals surface area (Å²) < 4.78 is 0. The molecular weight excluding hydrogens is 425 g/mol. The van der Waals surface area contributed by atoms with Crippen LogP contribution in [0.5, 0.6) is 0 Å². The van der Waals surface area contributed by atoms with Gasteiger partial charge in [0.1, 0.15) is 0 Å². The Kier molecular flexibility index (Phi) is 10.7. The number of nitrogens with one attached hydrogen (secondary N) is 2. The number of aryl methyl sites for hydroxylation is 1. The number of halogens is 1. The molecule has 1 aliphatic heterocycles. The van der Waals surface area contributed by atoms with E-state index in [9.17, 15) is 0 Å². The van der Waals surface area contributed by atoms with Crippen LogP contribution in [-0.4, -0.2) is 54.6 Å². The molecule has 1 aromatic rings. The molecule has 140 valence electrons. The first-order valence-corrected chi connectivity index (χ1v) is 9.01. The Hall–Kier alpha value is -1.15. The van der Waals surface area contributed by atoms with E-state index in [0.717, 1.165) is 63.6 Å². The molecule has 1 fully saturated rings. The Morgan fingerprint density at radius 2 is 2.16 bits per heavy atom. The molecule has 0 atom stereocenters. The standard InChI is InChI=1S/C19H31N5.HI/c1-4-12-24-13-9-18(10-14-24)23-19(20-5-2)21-11-8-17-7-6-16(3)22-15-17;/h4,6-7,15,18H,1,5,8-14H2,2-3H3,(H2,20,21,23);1H. The number of aromatic nitrogens is 1. The van der Waals surface area contributed by atoms with E-state index < -0.39 is 0 Å². The van der Waals surface area contributed by atoms with E-state index in [-0.39, 0.29) is 24.0 Å². The van der Waals surface area contributed by atoms with Gasteiger partial charge in [-0.3, -0.25) is 14.9 Å². The van der Waals surface area contributed by atoms with E-state index in [1.165, 1.54) is 5.56 Å². The van der Waals surface area contributed by atoms with E-state index in [1.807, 2.05) is 19.2 Å². The summed E-state index contributed by atoms with van der Waals surface area (Å²) in [5.74, 6) is 0.930. The van der Waals surface area contributed by atoms with Crippen LogP contribution in [0.1, 0.15) is 31.0 Å². The fourth-order valence-electron chi connectivity index (χ4n) is 2.90. The summed E-state index contributed by atoms with van der Waals surface area (Å²) in [6.45, 7) is 12.8. The maximum atomic E-state index is 4.72. The van der Waals surface area contributed by atoms with Gasteiger partial charge in [-0.2, -0.15) is 0 Å². The first-order chi connectivity index (χ1) is 11.7. The van der Waals surface area contributed by atoms with Crippen molar-refractivity contribution < 1.29 is 0 Å². The molecule has 2 rings (SSSR count). The van der Waals surface area contributed by atoms with Crippen LogP contribution >= 0.6 is 24.0 Å². The summed E-state index contributed by atoms with van der Waals surface area (Å²) in [5, 5.41) is 6.94. The minimum absolute atomic E-state index is 0. The van der Waals surface area contributed by atoms with E-state index in [4.69, 9.17) is 4.99 Å². The lowest BCUT2D eigenvalue weighted by atomic mass is 10.1. The van der Waals surface area contributed by atoms with Crippen LogP contribution in [0.15, 0.2) is 36.0 Å². The van der Waals surface area contributed by atoms with Crippen LogP contribution in [-0.2, 0) is 6.42 Å². The highest BCUT2D eigenvalue weighted by atomic mass is 127. The van der Waals surface area contributed by atoms with Crippen LogP contribution in [0.3, 0.4) is 0 Å². The Morgan fingerprint density at radius 1 is 1.40 bits per heavy atom. The van der Waals surface area contributed by atoms with E-state index in [2.05, 4.69) is 46.2 Å². The molecule has 0 radical (unpaired) electrons. The quantitative estimate of drug-likeness (QED) is 0.286. The Bertz CT molecular complexity index is 521. The molecule has 6 heteroatoms. The highest BCUT2D eigenvalue weighted by molar-refractivity contribution is 14.0. The van der Waals surface area contributed by atoms with Gasteiger partial charge >= 0.3 is 0 Å². The van der Waals surface area contributed by atoms with Crippen molar-refractivity contribution in [2.45, 2.75) is 39.2 Å². The molecule has 2 heterocycles. The number of nitrogens with zero attached hydrogens (tertiary/aromatic N) is 3. The van der Waals surface area contributed by atoms with Crippen LogP contribution < -0.4 is 10.6 Å². The van der Waals surface area contributed by atoms with Crippen molar-refractivity contribution in [3.63, 3.8) is 0 Å². The fraction of sp³-hybridized carbons (Fsp3) is 0.579. The highest BCUT2D eigenvalue weighted by Gasteiger charge is 2.18. The number of guanidine groups is 1. The fourth-order valence-corrected chi connectivity index (χ4v) is 2.90. The van der Waals surface area contributed by atoms with E-state index in [1.54, 1.807) is 0 Å². The number of rotatable bonds is 7. The molecule has 1 aliphatic rings. The highest BCUT2D eigenvalue weighted by Crippen LogP contribution is 2.10. The minimum atomic E-state index is 0. The maximum Gasteiger partial charge on any atom is 0.191 e. The maximum absolute atomic E-state index is 4.72. The van der Waals surface area contributed by atoms with Crippen LogP contribution in [0, 0.1) is 6.92 Å². The number of hydrogen-bond donors (Lipinski definition) is 2. The van der Waals surface area contributed by atoms with Gasteiger partial charge in [0, 0.05) is 50.7 Å². The average molecular weight is 457 g/mol. The van der Waals surface area contributed by atoms with Crippen molar-refractivity contribution in [2.75, 3.05) is 32.7 Å². The van der Waals surface area contributed by atoms with Gasteiger partial charge in [0.25, 0.3) is 0 Å². The predicted molar refractivity (Wildman–Crippen MR) is 117 cm³/mol. The molecule has 1 saturated heterocycles. The third kappa shape index (κ3) is 8.18. The minimum Gasteiger partial charge on any atom is -0.357 e. The number of piperidine rings is 1. The molecular formula is C19H32IN5. The third-order valence-corrected chi connectivity index (χ3v) is 4.30. The van der Waals surface area contributed by atoms with Crippen LogP contribution in [0.2, 0.25) is 0 Å². The molecule has 1 aromatic heterocycles. The van der Waals surface area contributed by atoms with Crippen molar-refractivity contribution in [3.05, 3.63) is 42.2 Å². The molecule has 0 aromatic carbocycles. The SMILES string of the molecule is C=CCN1CCC(NC(=NCCc2ccc(C)nc2)NCC)CC1.I. The van der Waals surface area contributed by atoms with Crippen LogP contribution in [0.4, 0.5) is 0 Å². The van der Waals surface area contributed by atoms with Gasteiger partial charge in [-0.25, -0.2) is 0 Å². The number of pyridine rings is 1. The zero-order valence-electron chi connectivity index (χ0n) is 15.5. The molecule has 0 bridgehead atoms. The lowest BCUT2D eigenvalue weighted by molar-refractivity contribution is 0.225. The second-order valence-corrected chi connectivity index (χ2v) is 6.33.